The standard InChI is InChI=1S/C26H23N3O2/c1-3-19-6-12-22(13-7-19)28-26(30)21-10-14-23(15-11-21)31-24-16-17-27-25(29-24)20-8-4-18(2)5-9-20/h4-17H,3H2,1-2H3,(H,28,30). The molecule has 0 aliphatic heterocycles. The predicted molar refractivity (Wildman–Crippen MR) is 122 cm³/mol. The number of carbonyl (C=O) groups is 1. The molecule has 5 nitrogen and oxygen atoms in total. The van der Waals surface area contributed by atoms with E-state index in [9.17, 15) is 4.79 Å². The molecule has 0 radical (unpaired) electrons. The highest BCUT2D eigenvalue weighted by Crippen LogP contribution is 2.23. The molecule has 0 unspecified atom stereocenters. The maximum Gasteiger partial charge on any atom is 0.255 e. The van der Waals surface area contributed by atoms with E-state index >= 15 is 0 Å². The third-order valence-electron chi connectivity index (χ3n) is 4.90. The number of anilines is 1. The Kier molecular flexibility index (Phi) is 6.03. The molecule has 1 N–H and O–H groups in total. The molecule has 5 heteroatoms. The van der Waals surface area contributed by atoms with Crippen molar-refractivity contribution in [3.63, 3.8) is 0 Å². The van der Waals surface area contributed by atoms with Crippen LogP contribution in [0.3, 0.4) is 0 Å². The summed E-state index contributed by atoms with van der Waals surface area (Å²) in [6, 6.07) is 24.5. The molecule has 0 aliphatic rings. The van der Waals surface area contributed by atoms with Gasteiger partial charge in [0.05, 0.1) is 0 Å². The minimum Gasteiger partial charge on any atom is -0.439 e. The van der Waals surface area contributed by atoms with Gasteiger partial charge in [0.2, 0.25) is 5.88 Å². The number of aromatic nitrogens is 2. The van der Waals surface area contributed by atoms with Crippen LogP contribution in [0.25, 0.3) is 11.4 Å². The molecule has 3 aromatic carbocycles. The number of hydrogen-bond donors (Lipinski definition) is 1. The fourth-order valence-corrected chi connectivity index (χ4v) is 3.06. The quantitative estimate of drug-likeness (QED) is 0.420. The number of carbonyl (C=O) groups excluding carboxylic acids is 1. The predicted octanol–water partition coefficient (Wildman–Crippen LogP) is 6.06. The lowest BCUT2D eigenvalue weighted by atomic mass is 10.1. The molecule has 0 spiro atoms. The first-order valence-electron chi connectivity index (χ1n) is 10.2. The van der Waals surface area contributed by atoms with Crippen LogP contribution in [0.2, 0.25) is 0 Å². The molecular weight excluding hydrogens is 386 g/mol. The van der Waals surface area contributed by atoms with Gasteiger partial charge in [0.25, 0.3) is 5.91 Å². The molecule has 0 aliphatic carbocycles. The van der Waals surface area contributed by atoms with Gasteiger partial charge in [-0.25, -0.2) is 4.98 Å². The summed E-state index contributed by atoms with van der Waals surface area (Å²) < 4.78 is 5.86. The van der Waals surface area contributed by atoms with Gasteiger partial charge in [-0.05, 0) is 55.3 Å². The van der Waals surface area contributed by atoms with Crippen molar-refractivity contribution in [2.24, 2.45) is 0 Å². The highest BCUT2D eigenvalue weighted by molar-refractivity contribution is 6.04. The van der Waals surface area contributed by atoms with Crippen LogP contribution in [0.4, 0.5) is 5.69 Å². The minimum atomic E-state index is -0.167. The number of ether oxygens (including phenoxy) is 1. The summed E-state index contributed by atoms with van der Waals surface area (Å²) in [5.74, 6) is 1.47. The first-order valence-corrected chi connectivity index (χ1v) is 10.2. The lowest BCUT2D eigenvalue weighted by molar-refractivity contribution is 0.102. The van der Waals surface area contributed by atoms with E-state index in [0.717, 1.165) is 17.7 Å². The van der Waals surface area contributed by atoms with Crippen LogP contribution < -0.4 is 10.1 Å². The Bertz CT molecular complexity index is 1170. The second kappa shape index (κ2) is 9.22. The van der Waals surface area contributed by atoms with Gasteiger partial charge in [-0.1, -0.05) is 48.9 Å². The molecule has 154 valence electrons. The lowest BCUT2D eigenvalue weighted by Gasteiger charge is -2.08. The molecule has 0 bridgehead atoms. The first-order chi connectivity index (χ1) is 15.1. The Morgan fingerprint density at radius 3 is 2.29 bits per heavy atom. The Morgan fingerprint density at radius 2 is 1.61 bits per heavy atom. The summed E-state index contributed by atoms with van der Waals surface area (Å²) in [6.07, 6.45) is 2.64. The van der Waals surface area contributed by atoms with Crippen molar-refractivity contribution in [1.82, 2.24) is 9.97 Å². The lowest BCUT2D eigenvalue weighted by Crippen LogP contribution is -2.11. The van der Waals surface area contributed by atoms with Gasteiger partial charge in [0.1, 0.15) is 5.75 Å². The monoisotopic (exact) mass is 409 g/mol. The van der Waals surface area contributed by atoms with E-state index in [2.05, 4.69) is 22.2 Å². The van der Waals surface area contributed by atoms with Crippen LogP contribution in [0.1, 0.15) is 28.4 Å². The molecular formula is C26H23N3O2. The average molecular weight is 409 g/mol. The molecule has 0 fully saturated rings. The van der Waals surface area contributed by atoms with Gasteiger partial charge in [0, 0.05) is 29.1 Å². The number of benzene rings is 3. The molecule has 31 heavy (non-hydrogen) atoms. The van der Waals surface area contributed by atoms with Crippen LogP contribution in [0.5, 0.6) is 11.6 Å². The van der Waals surface area contributed by atoms with E-state index in [1.165, 1.54) is 11.1 Å². The Hall–Kier alpha value is -3.99. The van der Waals surface area contributed by atoms with Gasteiger partial charge in [-0.3, -0.25) is 4.79 Å². The second-order valence-electron chi connectivity index (χ2n) is 7.22. The normalized spacial score (nSPS) is 10.5. The van der Waals surface area contributed by atoms with Gasteiger partial charge < -0.3 is 10.1 Å². The first kappa shape index (κ1) is 20.3. The van der Waals surface area contributed by atoms with Gasteiger partial charge in [-0.15, -0.1) is 0 Å². The van der Waals surface area contributed by atoms with Crippen LogP contribution in [0, 0.1) is 6.92 Å². The topological polar surface area (TPSA) is 64.1 Å². The van der Waals surface area contributed by atoms with E-state index in [-0.39, 0.29) is 5.91 Å². The highest BCUT2D eigenvalue weighted by atomic mass is 16.5. The summed E-state index contributed by atoms with van der Waals surface area (Å²) in [7, 11) is 0. The largest absolute Gasteiger partial charge is 0.439 e. The maximum atomic E-state index is 12.5. The van der Waals surface area contributed by atoms with Crippen molar-refractivity contribution in [1.29, 1.82) is 0 Å². The fraction of sp³-hybridized carbons (Fsp3) is 0.115. The molecule has 0 atom stereocenters. The van der Waals surface area contributed by atoms with Crippen molar-refractivity contribution in [3.05, 3.63) is 102 Å². The summed E-state index contributed by atoms with van der Waals surface area (Å²) in [4.78, 5) is 21.3. The van der Waals surface area contributed by atoms with Crippen LogP contribution in [0.15, 0.2) is 85.1 Å². The smallest absolute Gasteiger partial charge is 0.255 e. The number of aryl methyl sites for hydroxylation is 2. The van der Waals surface area contributed by atoms with E-state index < -0.39 is 0 Å². The SMILES string of the molecule is CCc1ccc(NC(=O)c2ccc(Oc3ccnc(-c4ccc(C)cc4)n3)cc2)cc1. The summed E-state index contributed by atoms with van der Waals surface area (Å²) in [6.45, 7) is 4.14. The van der Waals surface area contributed by atoms with Crippen molar-refractivity contribution in [3.8, 4) is 23.0 Å². The highest BCUT2D eigenvalue weighted by Gasteiger charge is 2.08. The Morgan fingerprint density at radius 1 is 0.903 bits per heavy atom. The fourth-order valence-electron chi connectivity index (χ4n) is 3.06. The Labute approximate surface area is 181 Å². The summed E-state index contributed by atoms with van der Waals surface area (Å²) >= 11 is 0. The van der Waals surface area contributed by atoms with E-state index in [4.69, 9.17) is 4.74 Å². The number of nitrogens with zero attached hydrogens (tertiary/aromatic N) is 2. The van der Waals surface area contributed by atoms with Gasteiger partial charge >= 0.3 is 0 Å². The number of rotatable bonds is 6. The zero-order valence-electron chi connectivity index (χ0n) is 17.5. The molecule has 1 aromatic heterocycles. The molecule has 1 amide bonds. The second-order valence-corrected chi connectivity index (χ2v) is 7.22. The van der Waals surface area contributed by atoms with Crippen molar-refractivity contribution < 1.29 is 9.53 Å². The van der Waals surface area contributed by atoms with Crippen LogP contribution in [-0.2, 0) is 6.42 Å². The molecule has 0 saturated carbocycles. The van der Waals surface area contributed by atoms with Crippen molar-refractivity contribution >= 4 is 11.6 Å². The molecule has 0 saturated heterocycles. The maximum absolute atomic E-state index is 12.5. The Balaban J connectivity index is 1.43. The van der Waals surface area contributed by atoms with Gasteiger partial charge in [-0.2, -0.15) is 4.98 Å². The van der Waals surface area contributed by atoms with E-state index in [0.29, 0.717) is 23.0 Å². The zero-order valence-corrected chi connectivity index (χ0v) is 17.5. The minimum absolute atomic E-state index is 0.167. The average Bonchev–Trinajstić information content (AvgIpc) is 2.81. The molecule has 4 aromatic rings. The summed E-state index contributed by atoms with van der Waals surface area (Å²) in [5, 5.41) is 2.91. The van der Waals surface area contributed by atoms with Crippen molar-refractivity contribution in [2.45, 2.75) is 20.3 Å². The van der Waals surface area contributed by atoms with Crippen LogP contribution >= 0.6 is 0 Å². The molecule has 4 rings (SSSR count). The molecule has 1 heterocycles. The third kappa shape index (κ3) is 5.14. The van der Waals surface area contributed by atoms with Gasteiger partial charge in [0.15, 0.2) is 5.82 Å². The summed E-state index contributed by atoms with van der Waals surface area (Å²) in [5.41, 5.74) is 4.66. The number of amides is 1. The van der Waals surface area contributed by atoms with Crippen molar-refractivity contribution in [2.75, 3.05) is 5.32 Å². The van der Waals surface area contributed by atoms with E-state index in [1.807, 2.05) is 55.5 Å². The van der Waals surface area contributed by atoms with Crippen LogP contribution in [-0.4, -0.2) is 15.9 Å². The van der Waals surface area contributed by atoms with E-state index in [1.54, 1.807) is 36.5 Å². The third-order valence-corrected chi connectivity index (χ3v) is 4.90. The zero-order chi connectivity index (χ0) is 21.6. The number of hydrogen-bond acceptors (Lipinski definition) is 4. The number of nitrogens with one attached hydrogen (secondary N) is 1.